The summed E-state index contributed by atoms with van der Waals surface area (Å²) in [5.41, 5.74) is 0.994. The molecular weight excluding hydrogens is 240 g/mol. The summed E-state index contributed by atoms with van der Waals surface area (Å²) in [6.45, 7) is 7.68. The zero-order valence-corrected chi connectivity index (χ0v) is 12.1. The maximum Gasteiger partial charge on any atom is 0.0964 e. The second-order valence-corrected chi connectivity index (χ2v) is 5.52. The van der Waals surface area contributed by atoms with Gasteiger partial charge in [0.05, 0.1) is 24.9 Å². The van der Waals surface area contributed by atoms with Crippen molar-refractivity contribution in [2.75, 3.05) is 13.2 Å². The van der Waals surface area contributed by atoms with E-state index in [9.17, 15) is 0 Å². The molecule has 1 aliphatic carbocycles. The first-order chi connectivity index (χ1) is 9.28. The number of aromatic nitrogens is 3. The molecule has 0 aliphatic heterocycles. The van der Waals surface area contributed by atoms with Gasteiger partial charge in [0.25, 0.3) is 0 Å². The van der Waals surface area contributed by atoms with E-state index in [0.29, 0.717) is 6.10 Å². The Morgan fingerprint density at radius 1 is 1.47 bits per heavy atom. The Morgan fingerprint density at radius 3 is 3.16 bits per heavy atom. The van der Waals surface area contributed by atoms with Gasteiger partial charge < -0.3 is 10.1 Å². The fourth-order valence-corrected chi connectivity index (χ4v) is 2.62. The highest BCUT2D eigenvalue weighted by Crippen LogP contribution is 2.25. The molecule has 1 N–H and O–H groups in total. The summed E-state index contributed by atoms with van der Waals surface area (Å²) >= 11 is 0. The minimum atomic E-state index is 0.452. The van der Waals surface area contributed by atoms with Crippen molar-refractivity contribution in [3.63, 3.8) is 0 Å². The van der Waals surface area contributed by atoms with E-state index in [1.54, 1.807) is 0 Å². The van der Waals surface area contributed by atoms with Gasteiger partial charge in [0, 0.05) is 12.7 Å². The second-order valence-electron chi connectivity index (χ2n) is 5.52. The van der Waals surface area contributed by atoms with Crippen LogP contribution in [0.15, 0.2) is 6.20 Å². The van der Waals surface area contributed by atoms with Crippen LogP contribution >= 0.6 is 0 Å². The van der Waals surface area contributed by atoms with Crippen LogP contribution in [0.25, 0.3) is 0 Å². The largest absolute Gasteiger partial charge is 0.376 e. The monoisotopic (exact) mass is 266 g/mol. The smallest absolute Gasteiger partial charge is 0.0964 e. The lowest BCUT2D eigenvalue weighted by atomic mass is 9.89. The minimum absolute atomic E-state index is 0.452. The summed E-state index contributed by atoms with van der Waals surface area (Å²) in [4.78, 5) is 0. The first kappa shape index (κ1) is 14.5. The molecule has 5 heteroatoms. The number of hydrogen-bond acceptors (Lipinski definition) is 4. The first-order valence-electron chi connectivity index (χ1n) is 7.49. The van der Waals surface area contributed by atoms with E-state index in [1.165, 1.54) is 25.7 Å². The van der Waals surface area contributed by atoms with Crippen LogP contribution < -0.4 is 5.32 Å². The molecule has 2 atom stereocenters. The Bertz CT molecular complexity index is 366. The predicted molar refractivity (Wildman–Crippen MR) is 74.8 cm³/mol. The van der Waals surface area contributed by atoms with E-state index in [-0.39, 0.29) is 0 Å². The molecule has 19 heavy (non-hydrogen) atoms. The predicted octanol–water partition coefficient (Wildman–Crippen LogP) is 1.98. The van der Waals surface area contributed by atoms with Gasteiger partial charge in [-0.3, -0.25) is 0 Å². The van der Waals surface area contributed by atoms with E-state index in [4.69, 9.17) is 4.74 Å². The molecule has 0 bridgehead atoms. The average molecular weight is 266 g/mol. The highest BCUT2D eigenvalue weighted by atomic mass is 16.5. The van der Waals surface area contributed by atoms with Crippen LogP contribution in [0.3, 0.4) is 0 Å². The van der Waals surface area contributed by atoms with E-state index < -0.39 is 0 Å². The summed E-state index contributed by atoms with van der Waals surface area (Å²) in [6, 6.07) is 0. The van der Waals surface area contributed by atoms with Crippen molar-refractivity contribution in [1.82, 2.24) is 20.3 Å². The zero-order valence-electron chi connectivity index (χ0n) is 12.1. The third-order valence-corrected chi connectivity index (χ3v) is 3.70. The Morgan fingerprint density at radius 2 is 2.37 bits per heavy atom. The fraction of sp³-hybridized carbons (Fsp3) is 0.857. The molecule has 0 aromatic carbocycles. The van der Waals surface area contributed by atoms with Crippen molar-refractivity contribution in [3.8, 4) is 0 Å². The van der Waals surface area contributed by atoms with Crippen molar-refractivity contribution in [1.29, 1.82) is 0 Å². The Hall–Kier alpha value is -0.940. The van der Waals surface area contributed by atoms with Crippen LogP contribution in [0.4, 0.5) is 0 Å². The minimum Gasteiger partial charge on any atom is -0.376 e. The molecule has 1 aromatic heterocycles. The van der Waals surface area contributed by atoms with Crippen molar-refractivity contribution in [3.05, 3.63) is 11.9 Å². The lowest BCUT2D eigenvalue weighted by molar-refractivity contribution is 0.0105. The third-order valence-electron chi connectivity index (χ3n) is 3.70. The van der Waals surface area contributed by atoms with Gasteiger partial charge in [-0.05, 0) is 25.3 Å². The molecule has 2 unspecified atom stereocenters. The van der Waals surface area contributed by atoms with Gasteiger partial charge in [0.2, 0.25) is 0 Å². The van der Waals surface area contributed by atoms with Crippen molar-refractivity contribution in [2.45, 2.75) is 58.7 Å². The molecule has 1 aliphatic rings. The van der Waals surface area contributed by atoms with E-state index in [1.807, 2.05) is 10.9 Å². The molecule has 0 radical (unpaired) electrons. The standard InChI is InChI=1S/C14H26N4O/c1-3-15-10-13-11-18(17-16-13)7-8-19-14-6-4-5-12(2)9-14/h11-12,14-15H,3-10H2,1-2H3. The van der Waals surface area contributed by atoms with Gasteiger partial charge in [-0.25, -0.2) is 4.68 Å². The number of nitrogens with zero attached hydrogens (tertiary/aromatic N) is 3. The normalized spacial score (nSPS) is 23.7. The molecule has 1 aromatic rings. The maximum atomic E-state index is 5.94. The number of hydrogen-bond donors (Lipinski definition) is 1. The van der Waals surface area contributed by atoms with Crippen LogP contribution in [0, 0.1) is 5.92 Å². The van der Waals surface area contributed by atoms with Gasteiger partial charge >= 0.3 is 0 Å². The summed E-state index contributed by atoms with van der Waals surface area (Å²) in [5, 5.41) is 11.5. The van der Waals surface area contributed by atoms with Crippen LogP contribution in [0.1, 0.15) is 45.2 Å². The molecule has 108 valence electrons. The van der Waals surface area contributed by atoms with Crippen molar-refractivity contribution < 1.29 is 4.74 Å². The quantitative estimate of drug-likeness (QED) is 0.820. The lowest BCUT2D eigenvalue weighted by Gasteiger charge is -2.26. The molecule has 0 amide bonds. The highest BCUT2D eigenvalue weighted by molar-refractivity contribution is 4.91. The summed E-state index contributed by atoms with van der Waals surface area (Å²) in [7, 11) is 0. The van der Waals surface area contributed by atoms with E-state index >= 15 is 0 Å². The van der Waals surface area contributed by atoms with Gasteiger partial charge in [0.15, 0.2) is 0 Å². The maximum absolute atomic E-state index is 5.94. The van der Waals surface area contributed by atoms with Gasteiger partial charge in [-0.1, -0.05) is 31.9 Å². The SMILES string of the molecule is CCNCc1cn(CCOC2CCCC(C)C2)nn1. The van der Waals surface area contributed by atoms with E-state index in [2.05, 4.69) is 29.5 Å². The topological polar surface area (TPSA) is 52.0 Å². The molecule has 1 heterocycles. The third kappa shape index (κ3) is 4.91. The summed E-state index contributed by atoms with van der Waals surface area (Å²) in [6.07, 6.45) is 7.54. The van der Waals surface area contributed by atoms with Gasteiger partial charge in [-0.15, -0.1) is 5.10 Å². The number of nitrogens with one attached hydrogen (secondary N) is 1. The number of rotatable bonds is 7. The molecule has 0 saturated heterocycles. The van der Waals surface area contributed by atoms with Crippen LogP contribution in [0.2, 0.25) is 0 Å². The van der Waals surface area contributed by atoms with Crippen molar-refractivity contribution >= 4 is 0 Å². The zero-order chi connectivity index (χ0) is 13.5. The lowest BCUT2D eigenvalue weighted by Crippen LogP contribution is -2.23. The fourth-order valence-electron chi connectivity index (χ4n) is 2.62. The summed E-state index contributed by atoms with van der Waals surface area (Å²) in [5.74, 6) is 0.817. The first-order valence-corrected chi connectivity index (χ1v) is 7.49. The Balaban J connectivity index is 1.66. The van der Waals surface area contributed by atoms with E-state index in [0.717, 1.165) is 37.9 Å². The molecule has 2 rings (SSSR count). The van der Waals surface area contributed by atoms with Crippen LogP contribution in [-0.2, 0) is 17.8 Å². The van der Waals surface area contributed by atoms with Crippen molar-refractivity contribution in [2.24, 2.45) is 5.92 Å². The van der Waals surface area contributed by atoms with Gasteiger partial charge in [0.1, 0.15) is 0 Å². The Labute approximate surface area is 115 Å². The molecule has 5 nitrogen and oxygen atoms in total. The van der Waals surface area contributed by atoms with Crippen LogP contribution in [-0.4, -0.2) is 34.2 Å². The number of ether oxygens (including phenoxy) is 1. The Kier molecular flexibility index (Phi) is 5.79. The van der Waals surface area contributed by atoms with Gasteiger partial charge in [-0.2, -0.15) is 0 Å². The summed E-state index contributed by atoms with van der Waals surface area (Å²) < 4.78 is 7.82. The van der Waals surface area contributed by atoms with Crippen LogP contribution in [0.5, 0.6) is 0 Å². The molecule has 0 spiro atoms. The highest BCUT2D eigenvalue weighted by Gasteiger charge is 2.18. The molecule has 1 fully saturated rings. The average Bonchev–Trinajstić information content (AvgIpc) is 2.84. The second kappa shape index (κ2) is 7.60. The molecular formula is C14H26N4O. The molecule has 1 saturated carbocycles.